The van der Waals surface area contributed by atoms with Crippen LogP contribution in [0.1, 0.15) is 63.6 Å². The normalized spacial score (nSPS) is 13.4. The second-order valence-corrected chi connectivity index (χ2v) is 10.4. The van der Waals surface area contributed by atoms with Crippen molar-refractivity contribution >= 4 is 34.9 Å². The van der Waals surface area contributed by atoms with Crippen molar-refractivity contribution in [3.8, 4) is 0 Å². The van der Waals surface area contributed by atoms with E-state index in [1.807, 2.05) is 35.0 Å². The molecule has 0 aromatic carbocycles. The van der Waals surface area contributed by atoms with E-state index in [-0.39, 0.29) is 0 Å². The van der Waals surface area contributed by atoms with Crippen molar-refractivity contribution in [1.29, 1.82) is 0 Å². The largest absolute Gasteiger partial charge is 0.444 e. The minimum absolute atomic E-state index is 0.449. The van der Waals surface area contributed by atoms with Crippen LogP contribution in [0.3, 0.4) is 0 Å². The highest BCUT2D eigenvalue weighted by atomic mass is 32.1. The molecule has 166 valence electrons. The minimum Gasteiger partial charge on any atom is -0.444 e. The molecular weight excluding hydrogens is 420 g/mol. The Labute approximate surface area is 187 Å². The predicted octanol–water partition coefficient (Wildman–Crippen LogP) is 6.38. The number of alkyl carbamates (subject to hydrolysis) is 1. The van der Waals surface area contributed by atoms with Crippen molar-refractivity contribution in [3.05, 3.63) is 44.8 Å². The van der Waals surface area contributed by atoms with Crippen LogP contribution in [0, 0.1) is 0 Å². The van der Waals surface area contributed by atoms with E-state index in [1.54, 1.807) is 55.3 Å². The van der Waals surface area contributed by atoms with Crippen LogP contribution in [0.2, 0.25) is 0 Å². The van der Waals surface area contributed by atoms with Crippen LogP contribution in [-0.4, -0.2) is 28.4 Å². The highest BCUT2D eigenvalue weighted by Crippen LogP contribution is 2.23. The SMILES string of the molecule is CCCC[C@](C)(NC(=O)OC(C)(C)C)OC(=O)N(Cc1cccs1)Cc1cccs1. The summed E-state index contributed by atoms with van der Waals surface area (Å²) in [5.41, 5.74) is -1.79. The van der Waals surface area contributed by atoms with E-state index in [0.29, 0.717) is 19.5 Å². The first-order valence-electron chi connectivity index (χ1n) is 10.1. The van der Waals surface area contributed by atoms with Crippen molar-refractivity contribution in [1.82, 2.24) is 10.2 Å². The molecule has 0 saturated heterocycles. The predicted molar refractivity (Wildman–Crippen MR) is 122 cm³/mol. The summed E-state index contributed by atoms with van der Waals surface area (Å²) < 4.78 is 11.2. The lowest BCUT2D eigenvalue weighted by Gasteiger charge is -2.34. The summed E-state index contributed by atoms with van der Waals surface area (Å²) in [5, 5.41) is 6.73. The van der Waals surface area contributed by atoms with Gasteiger partial charge in [-0.05, 0) is 57.0 Å². The number of thiophene rings is 2. The van der Waals surface area contributed by atoms with Crippen molar-refractivity contribution in [2.24, 2.45) is 0 Å². The summed E-state index contributed by atoms with van der Waals surface area (Å²) in [6.07, 6.45) is 1.15. The highest BCUT2D eigenvalue weighted by Gasteiger charge is 2.34. The fourth-order valence-electron chi connectivity index (χ4n) is 2.80. The Morgan fingerprint density at radius 2 is 1.57 bits per heavy atom. The Morgan fingerprint density at radius 1 is 1.00 bits per heavy atom. The second kappa shape index (κ2) is 10.8. The van der Waals surface area contributed by atoms with E-state index in [2.05, 4.69) is 12.2 Å². The molecule has 2 rings (SSSR count). The summed E-state index contributed by atoms with van der Waals surface area (Å²) in [6.45, 7) is 10.1. The lowest BCUT2D eigenvalue weighted by Crippen LogP contribution is -2.52. The molecule has 30 heavy (non-hydrogen) atoms. The Bertz CT molecular complexity index is 748. The van der Waals surface area contributed by atoms with Gasteiger partial charge in [-0.3, -0.25) is 10.2 Å². The summed E-state index contributed by atoms with van der Waals surface area (Å²) in [4.78, 5) is 29.3. The highest BCUT2D eigenvalue weighted by molar-refractivity contribution is 7.10. The number of hydrogen-bond donors (Lipinski definition) is 1. The maximum absolute atomic E-state index is 13.2. The standard InChI is InChI=1S/C22H32N2O4S2/c1-6-7-12-22(5,23-19(25)27-21(2,3)4)28-20(26)24(15-17-10-8-13-29-17)16-18-11-9-14-30-18/h8-11,13-14H,6-7,12,15-16H2,1-5H3,(H,23,25)/t22-/m1/s1. The van der Waals surface area contributed by atoms with Gasteiger partial charge in [-0.2, -0.15) is 0 Å². The zero-order valence-corrected chi connectivity index (χ0v) is 20.0. The third kappa shape index (κ3) is 8.36. The molecule has 0 aliphatic rings. The van der Waals surface area contributed by atoms with E-state index in [1.165, 1.54) is 0 Å². The van der Waals surface area contributed by atoms with Crippen LogP contribution in [0.4, 0.5) is 9.59 Å². The summed E-state index contributed by atoms with van der Waals surface area (Å²) in [6, 6.07) is 7.91. The van der Waals surface area contributed by atoms with Crippen LogP contribution < -0.4 is 5.32 Å². The van der Waals surface area contributed by atoms with Crippen molar-refractivity contribution in [3.63, 3.8) is 0 Å². The Morgan fingerprint density at radius 3 is 2.00 bits per heavy atom. The van der Waals surface area contributed by atoms with E-state index >= 15 is 0 Å². The van der Waals surface area contributed by atoms with Gasteiger partial charge in [0.1, 0.15) is 5.60 Å². The molecule has 0 aliphatic carbocycles. The molecule has 2 aromatic rings. The van der Waals surface area contributed by atoms with Crippen LogP contribution in [0.5, 0.6) is 0 Å². The maximum atomic E-state index is 13.2. The van der Waals surface area contributed by atoms with Gasteiger partial charge in [0.15, 0.2) is 5.72 Å². The Balaban J connectivity index is 2.14. The number of carbonyl (C=O) groups is 2. The van der Waals surface area contributed by atoms with Crippen molar-refractivity contribution in [2.45, 2.75) is 78.3 Å². The van der Waals surface area contributed by atoms with E-state index in [0.717, 1.165) is 22.6 Å². The average Bonchev–Trinajstić information content (AvgIpc) is 3.31. The van der Waals surface area contributed by atoms with Gasteiger partial charge in [-0.15, -0.1) is 22.7 Å². The van der Waals surface area contributed by atoms with Gasteiger partial charge < -0.3 is 9.47 Å². The lowest BCUT2D eigenvalue weighted by molar-refractivity contribution is -0.0364. The molecule has 2 aromatic heterocycles. The first kappa shape index (κ1) is 24.2. The molecule has 0 saturated carbocycles. The molecule has 6 nitrogen and oxygen atoms in total. The van der Waals surface area contributed by atoms with Crippen molar-refractivity contribution < 1.29 is 19.1 Å². The molecule has 0 unspecified atom stereocenters. The third-order valence-corrected chi connectivity index (χ3v) is 5.92. The first-order chi connectivity index (χ1) is 14.1. The smallest absolute Gasteiger partial charge is 0.412 e. The van der Waals surface area contributed by atoms with Gasteiger partial charge in [0.2, 0.25) is 0 Å². The van der Waals surface area contributed by atoms with Gasteiger partial charge in [-0.1, -0.05) is 25.5 Å². The third-order valence-electron chi connectivity index (χ3n) is 4.20. The number of nitrogens with one attached hydrogen (secondary N) is 1. The first-order valence-corrected chi connectivity index (χ1v) is 11.9. The summed E-state index contributed by atoms with van der Waals surface area (Å²) >= 11 is 3.19. The molecule has 2 amide bonds. The van der Waals surface area contributed by atoms with Gasteiger partial charge in [0, 0.05) is 16.2 Å². The van der Waals surface area contributed by atoms with E-state index < -0.39 is 23.5 Å². The molecule has 2 heterocycles. The van der Waals surface area contributed by atoms with Crippen molar-refractivity contribution in [2.75, 3.05) is 0 Å². The van der Waals surface area contributed by atoms with Crippen LogP contribution in [0.25, 0.3) is 0 Å². The number of ether oxygens (including phenoxy) is 2. The molecule has 1 atom stereocenters. The number of carbonyl (C=O) groups excluding carboxylic acids is 2. The van der Waals surface area contributed by atoms with Crippen LogP contribution in [0.15, 0.2) is 35.0 Å². The number of unbranched alkanes of at least 4 members (excludes halogenated alkanes) is 1. The zero-order chi connectivity index (χ0) is 22.2. The minimum atomic E-state index is -1.15. The Kier molecular flexibility index (Phi) is 8.73. The van der Waals surface area contributed by atoms with Gasteiger partial charge >= 0.3 is 12.2 Å². The molecule has 0 bridgehead atoms. The van der Waals surface area contributed by atoms with Gasteiger partial charge in [0.05, 0.1) is 13.1 Å². The summed E-state index contributed by atoms with van der Waals surface area (Å²) in [5.74, 6) is 0. The number of nitrogens with zero attached hydrogens (tertiary/aromatic N) is 1. The fourth-order valence-corrected chi connectivity index (χ4v) is 4.24. The average molecular weight is 453 g/mol. The quantitative estimate of drug-likeness (QED) is 0.448. The summed E-state index contributed by atoms with van der Waals surface area (Å²) in [7, 11) is 0. The molecule has 0 fully saturated rings. The number of hydrogen-bond acceptors (Lipinski definition) is 6. The molecule has 0 aliphatic heterocycles. The zero-order valence-electron chi connectivity index (χ0n) is 18.4. The number of rotatable bonds is 9. The monoisotopic (exact) mass is 452 g/mol. The van der Waals surface area contributed by atoms with E-state index in [9.17, 15) is 9.59 Å². The van der Waals surface area contributed by atoms with Gasteiger partial charge in [0.25, 0.3) is 0 Å². The Hall–Kier alpha value is -2.06. The molecule has 0 radical (unpaired) electrons. The van der Waals surface area contributed by atoms with Crippen LogP contribution >= 0.6 is 22.7 Å². The maximum Gasteiger partial charge on any atom is 0.412 e. The molecule has 1 N–H and O–H groups in total. The lowest BCUT2D eigenvalue weighted by atomic mass is 10.1. The van der Waals surface area contributed by atoms with Crippen LogP contribution in [-0.2, 0) is 22.6 Å². The second-order valence-electron chi connectivity index (χ2n) is 8.34. The molecule has 8 heteroatoms. The van der Waals surface area contributed by atoms with E-state index in [4.69, 9.17) is 9.47 Å². The number of amides is 2. The van der Waals surface area contributed by atoms with Gasteiger partial charge in [-0.25, -0.2) is 9.59 Å². The topological polar surface area (TPSA) is 67.9 Å². The molecular formula is C22H32N2O4S2. The fraction of sp³-hybridized carbons (Fsp3) is 0.545. The molecule has 0 spiro atoms.